The zero-order valence-electron chi connectivity index (χ0n) is 17.4. The monoisotopic (exact) mass is 426 g/mol. The van der Waals surface area contributed by atoms with Gasteiger partial charge in [0, 0.05) is 6.07 Å². The number of hydrogen-bond acceptors (Lipinski definition) is 8. The van der Waals surface area contributed by atoms with Crippen molar-refractivity contribution >= 4 is 22.9 Å². The van der Waals surface area contributed by atoms with Crippen LogP contribution in [0.3, 0.4) is 0 Å². The molecule has 0 atom stereocenters. The largest absolute Gasteiger partial charge is 0.482 e. The second-order valence-corrected chi connectivity index (χ2v) is 6.42. The maximum absolute atomic E-state index is 12.9. The zero-order chi connectivity index (χ0) is 22.4. The van der Waals surface area contributed by atoms with E-state index in [9.17, 15) is 14.4 Å². The molecule has 0 fully saturated rings. The van der Waals surface area contributed by atoms with Crippen molar-refractivity contribution < 1.29 is 33.0 Å². The maximum Gasteiger partial charge on any atom is 0.344 e. The van der Waals surface area contributed by atoms with Crippen LogP contribution in [0.2, 0.25) is 0 Å². The summed E-state index contributed by atoms with van der Waals surface area (Å²) in [7, 11) is 0. The Morgan fingerprint density at radius 3 is 2.29 bits per heavy atom. The predicted octanol–water partition coefficient (Wildman–Crippen LogP) is 4.01. The van der Waals surface area contributed by atoms with E-state index in [1.54, 1.807) is 51.1 Å². The third-order valence-electron chi connectivity index (χ3n) is 4.23. The molecule has 31 heavy (non-hydrogen) atoms. The number of fused-ring (bicyclic) bond motifs is 1. The van der Waals surface area contributed by atoms with Gasteiger partial charge in [-0.15, -0.1) is 0 Å². The lowest BCUT2D eigenvalue weighted by molar-refractivity contribution is -0.145. The first kappa shape index (κ1) is 21.9. The van der Waals surface area contributed by atoms with Crippen molar-refractivity contribution in [2.45, 2.75) is 20.8 Å². The minimum Gasteiger partial charge on any atom is -0.482 e. The summed E-state index contributed by atoms with van der Waals surface area (Å²) < 4.78 is 26.6. The summed E-state index contributed by atoms with van der Waals surface area (Å²) in [6.45, 7) is 5.35. The number of benzene rings is 2. The Morgan fingerprint density at radius 1 is 0.935 bits per heavy atom. The molecule has 8 nitrogen and oxygen atoms in total. The van der Waals surface area contributed by atoms with E-state index >= 15 is 0 Å². The van der Waals surface area contributed by atoms with Gasteiger partial charge in [-0.3, -0.25) is 4.79 Å². The second kappa shape index (κ2) is 9.80. The number of ether oxygens (including phenoxy) is 4. The van der Waals surface area contributed by atoms with Crippen LogP contribution in [0.15, 0.2) is 51.7 Å². The summed E-state index contributed by atoms with van der Waals surface area (Å²) in [6, 6.07) is 10.9. The van der Waals surface area contributed by atoms with E-state index < -0.39 is 11.9 Å². The molecule has 8 heteroatoms. The Labute approximate surface area is 178 Å². The van der Waals surface area contributed by atoms with Crippen molar-refractivity contribution in [2.24, 2.45) is 0 Å². The Kier molecular flexibility index (Phi) is 6.92. The molecular weight excluding hydrogens is 404 g/mol. The van der Waals surface area contributed by atoms with Crippen LogP contribution >= 0.6 is 0 Å². The average Bonchev–Trinajstić information content (AvgIpc) is 2.76. The number of carbonyl (C=O) groups excluding carboxylic acids is 2. The zero-order valence-corrected chi connectivity index (χ0v) is 17.4. The van der Waals surface area contributed by atoms with Crippen molar-refractivity contribution in [1.29, 1.82) is 0 Å². The van der Waals surface area contributed by atoms with Gasteiger partial charge in [-0.25, -0.2) is 9.59 Å². The highest BCUT2D eigenvalue weighted by atomic mass is 16.6. The molecular formula is C23H22O8. The number of carbonyl (C=O) groups is 2. The molecule has 0 aliphatic heterocycles. The number of aryl methyl sites for hydroxylation is 1. The predicted molar refractivity (Wildman–Crippen MR) is 112 cm³/mol. The van der Waals surface area contributed by atoms with Gasteiger partial charge in [0.1, 0.15) is 22.8 Å². The van der Waals surface area contributed by atoms with Gasteiger partial charge in [0.05, 0.1) is 24.2 Å². The average molecular weight is 426 g/mol. The molecule has 162 valence electrons. The Morgan fingerprint density at radius 2 is 1.61 bits per heavy atom. The maximum atomic E-state index is 12.9. The molecule has 1 heterocycles. The molecule has 1 aromatic heterocycles. The Bertz CT molecular complexity index is 1140. The van der Waals surface area contributed by atoms with Crippen LogP contribution in [-0.2, 0) is 14.3 Å². The van der Waals surface area contributed by atoms with Crippen LogP contribution in [0, 0.1) is 6.92 Å². The highest BCUT2D eigenvalue weighted by molar-refractivity contribution is 5.89. The summed E-state index contributed by atoms with van der Waals surface area (Å²) in [6.07, 6.45) is 0. The van der Waals surface area contributed by atoms with Gasteiger partial charge in [-0.2, -0.15) is 0 Å². The molecule has 0 aliphatic rings. The summed E-state index contributed by atoms with van der Waals surface area (Å²) in [5, 5.41) is 0.298. The molecule has 0 unspecified atom stereocenters. The van der Waals surface area contributed by atoms with E-state index in [1.165, 1.54) is 12.1 Å². The minimum absolute atomic E-state index is 0.0385. The molecule has 0 N–H and O–H groups in total. The quantitative estimate of drug-likeness (QED) is 0.498. The summed E-state index contributed by atoms with van der Waals surface area (Å²) in [4.78, 5) is 36.1. The van der Waals surface area contributed by atoms with Crippen LogP contribution in [0.25, 0.3) is 11.0 Å². The second-order valence-electron chi connectivity index (χ2n) is 6.42. The van der Waals surface area contributed by atoms with Crippen LogP contribution in [0.4, 0.5) is 0 Å². The fourth-order valence-electron chi connectivity index (χ4n) is 2.81. The van der Waals surface area contributed by atoms with Gasteiger partial charge in [-0.05, 0) is 57.2 Å². The Balaban J connectivity index is 1.82. The first-order valence-corrected chi connectivity index (χ1v) is 9.73. The highest BCUT2D eigenvalue weighted by Crippen LogP contribution is 2.27. The molecule has 0 bridgehead atoms. The van der Waals surface area contributed by atoms with Gasteiger partial charge in [0.25, 0.3) is 0 Å². The van der Waals surface area contributed by atoms with E-state index in [2.05, 4.69) is 0 Å². The van der Waals surface area contributed by atoms with Crippen LogP contribution in [0.1, 0.15) is 30.0 Å². The third-order valence-corrected chi connectivity index (χ3v) is 4.23. The van der Waals surface area contributed by atoms with Crippen molar-refractivity contribution in [1.82, 2.24) is 0 Å². The van der Waals surface area contributed by atoms with E-state index in [4.69, 9.17) is 23.4 Å². The fraction of sp³-hybridized carbons (Fsp3) is 0.261. The lowest BCUT2D eigenvalue weighted by Crippen LogP contribution is -2.14. The minimum atomic E-state index is -0.488. The normalized spacial score (nSPS) is 10.5. The van der Waals surface area contributed by atoms with Gasteiger partial charge < -0.3 is 23.4 Å². The van der Waals surface area contributed by atoms with Gasteiger partial charge in [-0.1, -0.05) is 0 Å². The summed E-state index contributed by atoms with van der Waals surface area (Å²) >= 11 is 0. The lowest BCUT2D eigenvalue weighted by atomic mass is 10.2. The standard InChI is InChI=1S/C23H22O8/c1-4-27-20(24)13-29-17-10-11-18-19(12-17)30-14(3)22(21(18)25)31-16-8-6-15(7-9-16)23(26)28-5-2/h6-12H,4-5,13H2,1-3H3. The van der Waals surface area contributed by atoms with Gasteiger partial charge in [0.2, 0.25) is 11.2 Å². The molecule has 0 aliphatic carbocycles. The summed E-state index contributed by atoms with van der Waals surface area (Å²) in [5.74, 6) is 0.129. The van der Waals surface area contributed by atoms with Crippen molar-refractivity contribution in [3.63, 3.8) is 0 Å². The van der Waals surface area contributed by atoms with Crippen LogP contribution < -0.4 is 14.9 Å². The van der Waals surface area contributed by atoms with Gasteiger partial charge >= 0.3 is 11.9 Å². The fourth-order valence-corrected chi connectivity index (χ4v) is 2.81. The molecule has 3 aromatic rings. The number of esters is 2. The van der Waals surface area contributed by atoms with E-state index in [0.717, 1.165) is 0 Å². The van der Waals surface area contributed by atoms with Crippen molar-refractivity contribution in [3.8, 4) is 17.2 Å². The lowest BCUT2D eigenvalue weighted by Gasteiger charge is -2.10. The topological polar surface area (TPSA) is 101 Å². The Hall–Kier alpha value is -3.81. The molecule has 2 aromatic carbocycles. The van der Waals surface area contributed by atoms with E-state index in [1.807, 2.05) is 0 Å². The SMILES string of the molecule is CCOC(=O)COc1ccc2c(=O)c(Oc3ccc(C(=O)OCC)cc3)c(C)oc2c1. The third kappa shape index (κ3) is 5.22. The smallest absolute Gasteiger partial charge is 0.344 e. The van der Waals surface area contributed by atoms with Gasteiger partial charge in [0.15, 0.2) is 6.61 Å². The van der Waals surface area contributed by atoms with E-state index in [0.29, 0.717) is 28.0 Å². The van der Waals surface area contributed by atoms with Crippen LogP contribution in [-0.4, -0.2) is 31.8 Å². The number of rotatable bonds is 8. The molecule has 0 saturated carbocycles. The number of hydrogen-bond donors (Lipinski definition) is 0. The van der Waals surface area contributed by atoms with E-state index in [-0.39, 0.29) is 36.8 Å². The van der Waals surface area contributed by atoms with Crippen molar-refractivity contribution in [3.05, 3.63) is 64.0 Å². The molecule has 0 saturated heterocycles. The highest BCUT2D eigenvalue weighted by Gasteiger charge is 2.15. The molecule has 0 amide bonds. The first-order valence-electron chi connectivity index (χ1n) is 9.73. The summed E-state index contributed by atoms with van der Waals surface area (Å²) in [5.41, 5.74) is 0.325. The van der Waals surface area contributed by atoms with Crippen molar-refractivity contribution in [2.75, 3.05) is 19.8 Å². The molecule has 0 spiro atoms. The van der Waals surface area contributed by atoms with Crippen LogP contribution in [0.5, 0.6) is 17.2 Å². The molecule has 0 radical (unpaired) electrons. The first-order chi connectivity index (χ1) is 14.9. The molecule has 3 rings (SSSR count).